The summed E-state index contributed by atoms with van der Waals surface area (Å²) in [6.45, 7) is 4.15. The monoisotopic (exact) mass is 382 g/mol. The first-order valence-electron chi connectivity index (χ1n) is 7.53. The van der Waals surface area contributed by atoms with Gasteiger partial charge in [0.2, 0.25) is 0 Å². The molecule has 2 atom stereocenters. The molecule has 0 saturated carbocycles. The molecule has 0 aliphatic heterocycles. The quantitative estimate of drug-likeness (QED) is 0.625. The van der Waals surface area contributed by atoms with Crippen molar-refractivity contribution in [3.8, 4) is 0 Å². The second kappa shape index (κ2) is 7.59. The predicted molar refractivity (Wildman–Crippen MR) is 90.3 cm³/mol. The molecule has 1 aromatic rings. The Labute approximate surface area is 142 Å². The van der Waals surface area contributed by atoms with E-state index in [1.807, 2.05) is 6.08 Å². The molecule has 0 fully saturated rings. The normalized spacial score (nSPS) is 20.7. The third-order valence-corrected chi connectivity index (χ3v) is 4.42. The lowest BCUT2D eigenvalue weighted by Crippen LogP contribution is -2.31. The summed E-state index contributed by atoms with van der Waals surface area (Å²) in [7, 11) is 0. The molecule has 1 N–H and O–H groups in total. The van der Waals surface area contributed by atoms with E-state index in [1.54, 1.807) is 13.0 Å². The lowest BCUT2D eigenvalue weighted by molar-refractivity contribution is -0.137. The number of H-pyrrole nitrogens is 1. The van der Waals surface area contributed by atoms with Crippen molar-refractivity contribution in [1.29, 1.82) is 0 Å². The van der Waals surface area contributed by atoms with E-state index in [4.69, 9.17) is 4.74 Å². The molecule has 124 valence electrons. The van der Waals surface area contributed by atoms with Crippen LogP contribution in [0.5, 0.6) is 0 Å². The number of nitrogens with zero attached hydrogens (tertiary/aromatic N) is 1. The molecule has 0 amide bonds. The molecule has 0 unspecified atom stereocenters. The van der Waals surface area contributed by atoms with Gasteiger partial charge < -0.3 is 4.74 Å². The van der Waals surface area contributed by atoms with Crippen molar-refractivity contribution in [3.63, 3.8) is 0 Å². The van der Waals surface area contributed by atoms with Gasteiger partial charge in [0.05, 0.1) is 17.1 Å². The summed E-state index contributed by atoms with van der Waals surface area (Å²) in [6.07, 6.45) is 8.26. The molecule has 2 rings (SSSR count). The van der Waals surface area contributed by atoms with Crippen LogP contribution >= 0.6 is 15.9 Å². The first kappa shape index (κ1) is 17.5. The molecule has 0 radical (unpaired) electrons. The molecule has 6 nitrogen and oxygen atoms in total. The van der Waals surface area contributed by atoms with Crippen molar-refractivity contribution >= 4 is 21.9 Å². The zero-order chi connectivity index (χ0) is 17.0. The van der Waals surface area contributed by atoms with Crippen LogP contribution < -0.4 is 11.2 Å². The Bertz CT molecular complexity index is 760. The fourth-order valence-electron chi connectivity index (χ4n) is 2.70. The largest absolute Gasteiger partial charge is 0.463 e. The minimum absolute atomic E-state index is 0.151. The van der Waals surface area contributed by atoms with Crippen molar-refractivity contribution < 1.29 is 9.53 Å². The number of allylic oxidation sites excluding steroid dienone is 3. The molecule has 7 heteroatoms. The van der Waals surface area contributed by atoms with Crippen LogP contribution in [0.15, 0.2) is 44.1 Å². The van der Waals surface area contributed by atoms with E-state index in [2.05, 4.69) is 27.8 Å². The van der Waals surface area contributed by atoms with Crippen molar-refractivity contribution in [3.05, 3.63) is 55.3 Å². The van der Waals surface area contributed by atoms with E-state index in [-0.39, 0.29) is 17.9 Å². The van der Waals surface area contributed by atoms with Gasteiger partial charge in [0.15, 0.2) is 0 Å². The van der Waals surface area contributed by atoms with Crippen LogP contribution in [0.4, 0.5) is 0 Å². The smallest absolute Gasteiger partial charge is 0.330 e. The van der Waals surface area contributed by atoms with Crippen LogP contribution in [0, 0.1) is 5.92 Å². The predicted octanol–water partition coefficient (Wildman–Crippen LogP) is 2.32. The maximum atomic E-state index is 12.0. The highest BCUT2D eigenvalue weighted by Gasteiger charge is 2.26. The fourth-order valence-corrected chi connectivity index (χ4v) is 3.02. The molecule has 0 saturated heterocycles. The van der Waals surface area contributed by atoms with Gasteiger partial charge in [-0.25, -0.2) is 9.59 Å². The summed E-state index contributed by atoms with van der Waals surface area (Å²) in [5.41, 5.74) is 0.118. The Morgan fingerprint density at radius 3 is 2.87 bits per heavy atom. The van der Waals surface area contributed by atoms with E-state index in [9.17, 15) is 14.4 Å². The maximum absolute atomic E-state index is 12.0. The van der Waals surface area contributed by atoms with Gasteiger partial charge in [-0.15, -0.1) is 0 Å². The molecule has 0 aromatic carbocycles. The Balaban J connectivity index is 2.29. The van der Waals surface area contributed by atoms with E-state index in [1.165, 1.54) is 16.8 Å². The number of carbonyl (C=O) groups excluding carboxylic acids is 1. The van der Waals surface area contributed by atoms with E-state index < -0.39 is 11.2 Å². The van der Waals surface area contributed by atoms with Crippen LogP contribution in [0.25, 0.3) is 0 Å². The summed E-state index contributed by atoms with van der Waals surface area (Å²) in [5.74, 6) is -0.126. The minimum atomic E-state index is -0.442. The Kier molecular flexibility index (Phi) is 5.76. The van der Waals surface area contributed by atoms with Crippen molar-refractivity contribution in [2.45, 2.75) is 32.7 Å². The van der Waals surface area contributed by atoms with Crippen molar-refractivity contribution in [2.24, 2.45) is 5.92 Å². The van der Waals surface area contributed by atoms with Crippen molar-refractivity contribution in [2.75, 3.05) is 6.61 Å². The Morgan fingerprint density at radius 1 is 1.48 bits per heavy atom. The molecule has 1 aliphatic carbocycles. The number of nitrogens with one attached hydrogen (secondary N) is 1. The molecule has 1 aliphatic rings. The fraction of sp³-hybridized carbons (Fsp3) is 0.438. The van der Waals surface area contributed by atoms with E-state index in [0.717, 1.165) is 18.4 Å². The van der Waals surface area contributed by atoms with Gasteiger partial charge in [-0.05, 0) is 47.2 Å². The topological polar surface area (TPSA) is 81.2 Å². The molecule has 1 aromatic heterocycles. The van der Waals surface area contributed by atoms with Crippen LogP contribution in [0.2, 0.25) is 0 Å². The van der Waals surface area contributed by atoms with Gasteiger partial charge in [0.1, 0.15) is 0 Å². The minimum Gasteiger partial charge on any atom is -0.463 e. The van der Waals surface area contributed by atoms with Gasteiger partial charge in [0.25, 0.3) is 5.56 Å². The summed E-state index contributed by atoms with van der Waals surface area (Å²) < 4.78 is 6.69. The maximum Gasteiger partial charge on any atom is 0.330 e. The summed E-state index contributed by atoms with van der Waals surface area (Å²) in [4.78, 5) is 37.2. The van der Waals surface area contributed by atoms with Crippen LogP contribution in [0.1, 0.15) is 32.7 Å². The van der Waals surface area contributed by atoms with Gasteiger partial charge in [0, 0.05) is 12.3 Å². The summed E-state index contributed by atoms with van der Waals surface area (Å²) >= 11 is 3.14. The number of carbonyl (C=O) groups is 1. The summed E-state index contributed by atoms with van der Waals surface area (Å²) in [5, 5.41) is 0. The summed E-state index contributed by atoms with van der Waals surface area (Å²) in [6, 6.07) is -0.151. The van der Waals surface area contributed by atoms with Crippen LogP contribution in [-0.4, -0.2) is 22.1 Å². The second-order valence-corrected chi connectivity index (χ2v) is 6.16. The Morgan fingerprint density at radius 2 is 2.22 bits per heavy atom. The highest BCUT2D eigenvalue weighted by molar-refractivity contribution is 9.10. The van der Waals surface area contributed by atoms with Gasteiger partial charge in [-0.2, -0.15) is 0 Å². The number of ether oxygens (including phenoxy) is 1. The number of hydrogen-bond acceptors (Lipinski definition) is 4. The number of hydrogen-bond donors (Lipinski definition) is 1. The lowest BCUT2D eigenvalue weighted by atomic mass is 9.98. The SMILES string of the molecule is CCOC(=O)/C=C/C1=C[C@H](n2cc(Br)c(=O)[nH]c2=O)C[C@@H]1CC. The van der Waals surface area contributed by atoms with E-state index in [0.29, 0.717) is 11.1 Å². The first-order chi connectivity index (χ1) is 11.0. The lowest BCUT2D eigenvalue weighted by Gasteiger charge is -2.14. The molecule has 0 bridgehead atoms. The highest BCUT2D eigenvalue weighted by Crippen LogP contribution is 2.35. The molecule has 23 heavy (non-hydrogen) atoms. The average molecular weight is 383 g/mol. The van der Waals surface area contributed by atoms with E-state index >= 15 is 0 Å². The molecule has 1 heterocycles. The van der Waals surface area contributed by atoms with Gasteiger partial charge >= 0.3 is 11.7 Å². The first-order valence-corrected chi connectivity index (χ1v) is 8.33. The number of aromatic amines is 1. The van der Waals surface area contributed by atoms with Crippen molar-refractivity contribution in [1.82, 2.24) is 9.55 Å². The Hall–Kier alpha value is -1.89. The number of aromatic nitrogens is 2. The third kappa shape index (κ3) is 4.10. The number of halogens is 1. The van der Waals surface area contributed by atoms with Gasteiger partial charge in [-0.3, -0.25) is 14.3 Å². The van der Waals surface area contributed by atoms with Gasteiger partial charge in [-0.1, -0.05) is 19.1 Å². The number of esters is 1. The molecular weight excluding hydrogens is 364 g/mol. The zero-order valence-corrected chi connectivity index (χ0v) is 14.6. The average Bonchev–Trinajstić information content (AvgIpc) is 2.92. The zero-order valence-electron chi connectivity index (χ0n) is 13.0. The molecule has 0 spiro atoms. The molecular formula is C16H19BrN2O4. The third-order valence-electron chi connectivity index (χ3n) is 3.86. The second-order valence-electron chi connectivity index (χ2n) is 5.30. The standard InChI is InChI=1S/C16H19BrN2O4/c1-3-10-7-12(8-11(10)5-6-14(20)23-4-2)19-9-13(17)15(21)18-16(19)22/h5-6,8-10,12H,3-4,7H2,1-2H3,(H,18,21,22)/b6-5+/t10-,12+/m0/s1. The van der Waals surface area contributed by atoms with Crippen LogP contribution in [0.3, 0.4) is 0 Å². The highest BCUT2D eigenvalue weighted by atomic mass is 79.9. The van der Waals surface area contributed by atoms with Crippen LogP contribution in [-0.2, 0) is 9.53 Å². The number of rotatable bonds is 5.